The number of carbonyl (C=O) groups excluding carboxylic acids is 1. The van der Waals surface area contributed by atoms with E-state index in [2.05, 4.69) is 15.9 Å². The normalized spacial score (nSPS) is 22.0. The predicted octanol–water partition coefficient (Wildman–Crippen LogP) is 0.412. The lowest BCUT2D eigenvalue weighted by Gasteiger charge is -2.19. The highest BCUT2D eigenvalue weighted by Crippen LogP contribution is 2.33. The largest absolute Gasteiger partial charge is 0.458 e. The van der Waals surface area contributed by atoms with Crippen LogP contribution in [0, 0.1) is 12.3 Å². The van der Waals surface area contributed by atoms with E-state index in [0.29, 0.717) is 18.5 Å². The molecular weight excluding hydrogens is 354 g/mol. The monoisotopic (exact) mass is 375 g/mol. The van der Waals surface area contributed by atoms with Gasteiger partial charge in [0.05, 0.1) is 12.7 Å². The summed E-state index contributed by atoms with van der Waals surface area (Å²) in [7, 11) is 0. The van der Waals surface area contributed by atoms with Gasteiger partial charge >= 0.3 is 11.7 Å². The average molecular weight is 375 g/mol. The first-order valence-corrected chi connectivity index (χ1v) is 8.57. The third-order valence-electron chi connectivity index (χ3n) is 4.09. The van der Waals surface area contributed by atoms with Crippen LogP contribution in [0.4, 0.5) is 5.95 Å². The number of nitrogens with two attached hydrogens (primary N) is 1. The molecular formula is C17H21N5O5. The standard InChI is InChI=1S/C17H21N5O5/c1-4-6-21-11-9-19-16(18)20-14(11)22(17(21)24)15-12(26-10(3)23)8-13(27-15)25-7-5-2/h1,9,12-13,15H,5-8H2,2-3H3,(H2,18,19,20)/t12-,13+,15-/m1/s1. The number of rotatable bonds is 6. The molecule has 3 atom stereocenters. The number of ether oxygens (including phenoxy) is 3. The van der Waals surface area contributed by atoms with Crippen LogP contribution in [0.5, 0.6) is 0 Å². The van der Waals surface area contributed by atoms with Crippen molar-refractivity contribution in [1.82, 2.24) is 19.1 Å². The smallest absolute Gasteiger partial charge is 0.333 e. The molecule has 10 nitrogen and oxygen atoms in total. The minimum atomic E-state index is -0.918. The van der Waals surface area contributed by atoms with Crippen LogP contribution in [0.25, 0.3) is 11.2 Å². The van der Waals surface area contributed by atoms with Crippen molar-refractivity contribution in [2.24, 2.45) is 0 Å². The van der Waals surface area contributed by atoms with Crippen LogP contribution >= 0.6 is 0 Å². The first-order chi connectivity index (χ1) is 13.0. The molecule has 144 valence electrons. The van der Waals surface area contributed by atoms with Gasteiger partial charge in [0.25, 0.3) is 0 Å². The fraction of sp³-hybridized carbons (Fsp3) is 0.529. The van der Waals surface area contributed by atoms with Gasteiger partial charge in [0.15, 0.2) is 24.3 Å². The molecule has 0 saturated carbocycles. The van der Waals surface area contributed by atoms with Crippen LogP contribution in [0.3, 0.4) is 0 Å². The van der Waals surface area contributed by atoms with Crippen molar-refractivity contribution in [2.45, 2.75) is 51.9 Å². The van der Waals surface area contributed by atoms with Crippen LogP contribution < -0.4 is 11.4 Å². The van der Waals surface area contributed by atoms with Gasteiger partial charge in [0.1, 0.15) is 5.52 Å². The van der Waals surface area contributed by atoms with Gasteiger partial charge in [-0.25, -0.2) is 14.3 Å². The molecule has 3 heterocycles. The minimum absolute atomic E-state index is 0.00470. The van der Waals surface area contributed by atoms with E-state index >= 15 is 0 Å². The minimum Gasteiger partial charge on any atom is -0.458 e. The number of anilines is 1. The molecule has 1 aliphatic heterocycles. The number of hydrogen-bond acceptors (Lipinski definition) is 8. The van der Waals surface area contributed by atoms with Crippen molar-refractivity contribution >= 4 is 23.1 Å². The predicted molar refractivity (Wildman–Crippen MR) is 95.4 cm³/mol. The van der Waals surface area contributed by atoms with Gasteiger partial charge < -0.3 is 19.9 Å². The molecule has 3 rings (SSSR count). The van der Waals surface area contributed by atoms with Gasteiger partial charge in [-0.1, -0.05) is 12.8 Å². The summed E-state index contributed by atoms with van der Waals surface area (Å²) in [6.45, 7) is 3.76. The van der Waals surface area contributed by atoms with E-state index in [0.717, 1.165) is 6.42 Å². The quantitative estimate of drug-likeness (QED) is 0.569. The Bertz CT molecular complexity index is 944. The Morgan fingerprint density at radius 3 is 3.00 bits per heavy atom. The highest BCUT2D eigenvalue weighted by atomic mass is 16.7. The molecule has 10 heteroatoms. The Kier molecular flexibility index (Phi) is 5.43. The molecule has 0 spiro atoms. The average Bonchev–Trinajstić information content (AvgIpc) is 3.11. The Labute approximate surface area is 155 Å². The third kappa shape index (κ3) is 3.65. The molecule has 1 saturated heterocycles. The van der Waals surface area contributed by atoms with Crippen molar-refractivity contribution in [1.29, 1.82) is 0 Å². The van der Waals surface area contributed by atoms with Crippen LogP contribution in [0.15, 0.2) is 11.0 Å². The van der Waals surface area contributed by atoms with E-state index in [4.69, 9.17) is 26.4 Å². The Morgan fingerprint density at radius 2 is 2.33 bits per heavy atom. The fourth-order valence-corrected chi connectivity index (χ4v) is 3.05. The second-order valence-electron chi connectivity index (χ2n) is 6.09. The summed E-state index contributed by atoms with van der Waals surface area (Å²) in [5, 5.41) is 0. The summed E-state index contributed by atoms with van der Waals surface area (Å²) in [6, 6.07) is 0. The van der Waals surface area contributed by atoms with Gasteiger partial charge in [-0.05, 0) is 6.42 Å². The number of hydrogen-bond donors (Lipinski definition) is 1. The molecule has 1 aliphatic rings. The molecule has 0 bridgehead atoms. The molecule has 2 aromatic rings. The highest BCUT2D eigenvalue weighted by Gasteiger charge is 2.41. The van der Waals surface area contributed by atoms with Gasteiger partial charge in [-0.15, -0.1) is 6.42 Å². The summed E-state index contributed by atoms with van der Waals surface area (Å²) in [4.78, 5) is 32.6. The van der Waals surface area contributed by atoms with E-state index < -0.39 is 30.3 Å². The lowest BCUT2D eigenvalue weighted by molar-refractivity contribution is -0.164. The van der Waals surface area contributed by atoms with Crippen molar-refractivity contribution in [3.63, 3.8) is 0 Å². The number of nitrogens with zero attached hydrogens (tertiary/aromatic N) is 4. The number of esters is 1. The molecule has 27 heavy (non-hydrogen) atoms. The molecule has 2 aromatic heterocycles. The van der Waals surface area contributed by atoms with Crippen LogP contribution in [-0.4, -0.2) is 44.1 Å². The van der Waals surface area contributed by atoms with Crippen LogP contribution in [-0.2, 0) is 25.5 Å². The molecule has 0 amide bonds. The lowest BCUT2D eigenvalue weighted by Crippen LogP contribution is -2.33. The second-order valence-corrected chi connectivity index (χ2v) is 6.09. The topological polar surface area (TPSA) is 123 Å². The lowest BCUT2D eigenvalue weighted by atomic mass is 10.2. The second kappa shape index (κ2) is 7.77. The van der Waals surface area contributed by atoms with Gasteiger partial charge in [-0.3, -0.25) is 9.36 Å². The summed E-state index contributed by atoms with van der Waals surface area (Å²) < 4.78 is 19.5. The Hall–Kier alpha value is -2.90. The van der Waals surface area contributed by atoms with E-state index in [1.54, 1.807) is 0 Å². The van der Waals surface area contributed by atoms with Crippen molar-refractivity contribution in [3.05, 3.63) is 16.7 Å². The zero-order chi connectivity index (χ0) is 19.6. The Morgan fingerprint density at radius 1 is 1.56 bits per heavy atom. The maximum Gasteiger partial charge on any atom is 0.333 e. The number of terminal acetylenes is 1. The molecule has 1 fully saturated rings. The number of nitrogen functional groups attached to an aromatic ring is 1. The van der Waals surface area contributed by atoms with Crippen LogP contribution in [0.2, 0.25) is 0 Å². The van der Waals surface area contributed by atoms with E-state index in [9.17, 15) is 9.59 Å². The zero-order valence-corrected chi connectivity index (χ0v) is 15.1. The third-order valence-corrected chi connectivity index (χ3v) is 4.09. The molecule has 0 unspecified atom stereocenters. The summed E-state index contributed by atoms with van der Waals surface area (Å²) in [5.74, 6) is 1.94. The fourth-order valence-electron chi connectivity index (χ4n) is 3.05. The van der Waals surface area contributed by atoms with E-state index in [-0.39, 0.29) is 18.1 Å². The number of imidazole rings is 1. The van der Waals surface area contributed by atoms with Gasteiger partial charge in [-0.2, -0.15) is 4.98 Å². The summed E-state index contributed by atoms with van der Waals surface area (Å²) >= 11 is 0. The molecule has 0 aliphatic carbocycles. The first-order valence-electron chi connectivity index (χ1n) is 8.57. The molecule has 2 N–H and O–H groups in total. The number of aromatic nitrogens is 4. The first kappa shape index (κ1) is 18.9. The van der Waals surface area contributed by atoms with E-state index in [1.807, 2.05) is 6.92 Å². The van der Waals surface area contributed by atoms with Gasteiger partial charge in [0, 0.05) is 20.0 Å². The van der Waals surface area contributed by atoms with Crippen molar-refractivity contribution in [2.75, 3.05) is 12.3 Å². The Balaban J connectivity index is 2.09. The number of carbonyl (C=O) groups is 1. The van der Waals surface area contributed by atoms with E-state index in [1.165, 1.54) is 22.3 Å². The zero-order valence-electron chi connectivity index (χ0n) is 15.1. The molecule has 0 radical (unpaired) electrons. The van der Waals surface area contributed by atoms with Gasteiger partial charge in [0.2, 0.25) is 5.95 Å². The van der Waals surface area contributed by atoms with Crippen molar-refractivity contribution in [3.8, 4) is 12.3 Å². The number of fused-ring (bicyclic) bond motifs is 1. The highest BCUT2D eigenvalue weighted by molar-refractivity contribution is 5.72. The van der Waals surface area contributed by atoms with Crippen LogP contribution in [0.1, 0.15) is 32.9 Å². The SMILES string of the molecule is C#CCn1c(=O)n([C@@H]2O[C@H](OCCC)C[C@H]2OC(C)=O)c2nc(N)ncc21. The summed E-state index contributed by atoms with van der Waals surface area (Å²) in [6.07, 6.45) is 5.64. The maximum atomic E-state index is 13.0. The molecule has 0 aromatic carbocycles. The van der Waals surface area contributed by atoms with Crippen molar-refractivity contribution < 1.29 is 19.0 Å². The maximum absolute atomic E-state index is 13.0. The summed E-state index contributed by atoms with van der Waals surface area (Å²) in [5.41, 5.74) is 5.90.